The van der Waals surface area contributed by atoms with Gasteiger partial charge in [0, 0.05) is 18.4 Å². The second-order valence-electron chi connectivity index (χ2n) is 4.20. The first-order chi connectivity index (χ1) is 9.63. The summed E-state index contributed by atoms with van der Waals surface area (Å²) >= 11 is 0. The van der Waals surface area contributed by atoms with Gasteiger partial charge in [0.15, 0.2) is 0 Å². The molecule has 2 aromatic rings. The molecule has 1 amide bonds. The van der Waals surface area contributed by atoms with Gasteiger partial charge in [-0.15, -0.1) is 0 Å². The number of nitrogens with one attached hydrogen (secondary N) is 2. The largest absolute Gasteiger partial charge is 0.399 e. The summed E-state index contributed by atoms with van der Waals surface area (Å²) < 4.78 is 0. The van der Waals surface area contributed by atoms with Crippen molar-refractivity contribution in [2.45, 2.75) is 0 Å². The minimum atomic E-state index is -0.205. The highest BCUT2D eigenvalue weighted by atomic mass is 16.1. The molecule has 4 N–H and O–H groups in total. The first-order valence-corrected chi connectivity index (χ1v) is 6.03. The van der Waals surface area contributed by atoms with Crippen molar-refractivity contribution >= 4 is 23.0 Å². The lowest BCUT2D eigenvalue weighted by Gasteiger charge is -2.12. The molecule has 0 heterocycles. The SMILES string of the molecule is CNC(=O)c1ccc(N)cc1Nc1cccc(C#N)c1. The molecule has 0 aliphatic heterocycles. The molecular weight excluding hydrogens is 252 g/mol. The third kappa shape index (κ3) is 2.87. The van der Waals surface area contributed by atoms with Gasteiger partial charge >= 0.3 is 0 Å². The van der Waals surface area contributed by atoms with Crippen LogP contribution in [0, 0.1) is 11.3 Å². The van der Waals surface area contributed by atoms with E-state index in [0.717, 1.165) is 5.69 Å². The summed E-state index contributed by atoms with van der Waals surface area (Å²) in [5, 5.41) is 14.6. The molecule has 0 aliphatic carbocycles. The number of nitrogens with zero attached hydrogens (tertiary/aromatic N) is 1. The third-order valence-electron chi connectivity index (χ3n) is 2.79. The second kappa shape index (κ2) is 5.76. The summed E-state index contributed by atoms with van der Waals surface area (Å²) in [4.78, 5) is 11.8. The van der Waals surface area contributed by atoms with E-state index in [9.17, 15) is 4.79 Å². The minimum Gasteiger partial charge on any atom is -0.399 e. The van der Waals surface area contributed by atoms with Crippen LogP contribution >= 0.6 is 0 Å². The Morgan fingerprint density at radius 3 is 2.75 bits per heavy atom. The van der Waals surface area contributed by atoms with Crippen LogP contribution in [0.5, 0.6) is 0 Å². The predicted octanol–water partition coefficient (Wildman–Crippen LogP) is 2.24. The fourth-order valence-corrected chi connectivity index (χ4v) is 1.82. The van der Waals surface area contributed by atoms with Crippen LogP contribution in [0.4, 0.5) is 17.1 Å². The predicted molar refractivity (Wildman–Crippen MR) is 78.7 cm³/mol. The number of nitrogen functional groups attached to an aromatic ring is 1. The maximum atomic E-state index is 11.8. The van der Waals surface area contributed by atoms with Crippen LogP contribution in [-0.2, 0) is 0 Å². The number of benzene rings is 2. The zero-order chi connectivity index (χ0) is 14.5. The molecule has 0 saturated carbocycles. The molecule has 0 aromatic heterocycles. The van der Waals surface area contributed by atoms with E-state index in [0.29, 0.717) is 22.5 Å². The average molecular weight is 266 g/mol. The van der Waals surface area contributed by atoms with Crippen LogP contribution in [0.25, 0.3) is 0 Å². The Hall–Kier alpha value is -3.00. The maximum Gasteiger partial charge on any atom is 0.253 e. The molecular formula is C15H14N4O. The fraction of sp³-hybridized carbons (Fsp3) is 0.0667. The van der Waals surface area contributed by atoms with Gasteiger partial charge in [-0.25, -0.2) is 0 Å². The molecule has 2 aromatic carbocycles. The Labute approximate surface area is 117 Å². The van der Waals surface area contributed by atoms with Crippen molar-refractivity contribution in [2.24, 2.45) is 0 Å². The van der Waals surface area contributed by atoms with Crippen LogP contribution in [0.15, 0.2) is 42.5 Å². The molecule has 0 fully saturated rings. The Balaban J connectivity index is 2.39. The van der Waals surface area contributed by atoms with Crippen molar-refractivity contribution in [1.82, 2.24) is 5.32 Å². The molecule has 0 spiro atoms. The number of amides is 1. The molecule has 0 atom stereocenters. The van der Waals surface area contributed by atoms with Gasteiger partial charge in [0.05, 0.1) is 22.9 Å². The lowest BCUT2D eigenvalue weighted by atomic mass is 10.1. The van der Waals surface area contributed by atoms with Gasteiger partial charge in [-0.1, -0.05) is 6.07 Å². The fourth-order valence-electron chi connectivity index (χ4n) is 1.82. The zero-order valence-corrected chi connectivity index (χ0v) is 11.0. The van der Waals surface area contributed by atoms with Crippen molar-refractivity contribution in [3.63, 3.8) is 0 Å². The quantitative estimate of drug-likeness (QED) is 0.743. The summed E-state index contributed by atoms with van der Waals surface area (Å²) in [5.74, 6) is -0.205. The standard InChI is InChI=1S/C15H14N4O/c1-18-15(20)13-6-5-11(17)8-14(13)19-12-4-2-3-10(7-12)9-16/h2-8,19H,17H2,1H3,(H,18,20). The number of nitrogens with two attached hydrogens (primary N) is 1. The first kappa shape index (κ1) is 13.4. The number of hydrogen-bond acceptors (Lipinski definition) is 4. The molecule has 2 rings (SSSR count). The molecule has 5 nitrogen and oxygen atoms in total. The molecule has 0 unspecified atom stereocenters. The molecule has 0 radical (unpaired) electrons. The lowest BCUT2D eigenvalue weighted by molar-refractivity contribution is 0.0964. The molecule has 100 valence electrons. The number of carbonyl (C=O) groups excluding carboxylic acids is 1. The van der Waals surface area contributed by atoms with Crippen LogP contribution < -0.4 is 16.4 Å². The van der Waals surface area contributed by atoms with Crippen LogP contribution in [0.2, 0.25) is 0 Å². The smallest absolute Gasteiger partial charge is 0.253 e. The Morgan fingerprint density at radius 1 is 1.25 bits per heavy atom. The van der Waals surface area contributed by atoms with E-state index in [1.54, 1.807) is 43.4 Å². The molecule has 5 heteroatoms. The summed E-state index contributed by atoms with van der Waals surface area (Å²) in [7, 11) is 1.57. The summed E-state index contributed by atoms with van der Waals surface area (Å²) in [6, 6.07) is 14.1. The first-order valence-electron chi connectivity index (χ1n) is 6.03. The summed E-state index contributed by atoms with van der Waals surface area (Å²) in [5.41, 5.74) is 8.66. The van der Waals surface area contributed by atoms with Crippen molar-refractivity contribution in [1.29, 1.82) is 5.26 Å². The van der Waals surface area contributed by atoms with Crippen molar-refractivity contribution in [2.75, 3.05) is 18.1 Å². The second-order valence-corrected chi connectivity index (χ2v) is 4.20. The molecule has 0 saturated heterocycles. The average Bonchev–Trinajstić information content (AvgIpc) is 2.47. The summed E-state index contributed by atoms with van der Waals surface area (Å²) in [6.07, 6.45) is 0. The van der Waals surface area contributed by atoms with Gasteiger partial charge in [0.1, 0.15) is 0 Å². The highest BCUT2D eigenvalue weighted by molar-refractivity contribution is 6.00. The van der Waals surface area contributed by atoms with E-state index < -0.39 is 0 Å². The van der Waals surface area contributed by atoms with Crippen molar-refractivity contribution in [3.05, 3.63) is 53.6 Å². The topological polar surface area (TPSA) is 90.9 Å². The van der Waals surface area contributed by atoms with Crippen LogP contribution in [0.1, 0.15) is 15.9 Å². The Morgan fingerprint density at radius 2 is 2.05 bits per heavy atom. The number of hydrogen-bond donors (Lipinski definition) is 3. The van der Waals surface area contributed by atoms with E-state index >= 15 is 0 Å². The van der Waals surface area contributed by atoms with Crippen molar-refractivity contribution in [3.8, 4) is 6.07 Å². The minimum absolute atomic E-state index is 0.205. The summed E-state index contributed by atoms with van der Waals surface area (Å²) in [6.45, 7) is 0. The third-order valence-corrected chi connectivity index (χ3v) is 2.79. The van der Waals surface area contributed by atoms with E-state index in [-0.39, 0.29) is 5.91 Å². The van der Waals surface area contributed by atoms with E-state index in [1.807, 2.05) is 6.07 Å². The normalized spacial score (nSPS) is 9.60. The van der Waals surface area contributed by atoms with Crippen molar-refractivity contribution < 1.29 is 4.79 Å². The highest BCUT2D eigenvalue weighted by Gasteiger charge is 2.10. The monoisotopic (exact) mass is 266 g/mol. The lowest BCUT2D eigenvalue weighted by Crippen LogP contribution is -2.19. The van der Waals surface area contributed by atoms with Crippen LogP contribution in [-0.4, -0.2) is 13.0 Å². The molecule has 0 bridgehead atoms. The zero-order valence-electron chi connectivity index (χ0n) is 11.0. The van der Waals surface area contributed by atoms with Gasteiger partial charge in [-0.3, -0.25) is 4.79 Å². The number of anilines is 3. The Kier molecular flexibility index (Phi) is 3.87. The number of nitriles is 1. The van der Waals surface area contributed by atoms with Gasteiger partial charge in [-0.05, 0) is 36.4 Å². The van der Waals surface area contributed by atoms with Gasteiger partial charge < -0.3 is 16.4 Å². The number of rotatable bonds is 3. The van der Waals surface area contributed by atoms with E-state index in [1.165, 1.54) is 0 Å². The van der Waals surface area contributed by atoms with Gasteiger partial charge in [-0.2, -0.15) is 5.26 Å². The van der Waals surface area contributed by atoms with E-state index in [4.69, 9.17) is 11.0 Å². The van der Waals surface area contributed by atoms with Gasteiger partial charge in [0.2, 0.25) is 0 Å². The molecule has 0 aliphatic rings. The highest BCUT2D eigenvalue weighted by Crippen LogP contribution is 2.24. The maximum absolute atomic E-state index is 11.8. The number of carbonyl (C=O) groups is 1. The Bertz CT molecular complexity index is 689. The van der Waals surface area contributed by atoms with E-state index in [2.05, 4.69) is 16.7 Å². The van der Waals surface area contributed by atoms with Crippen LogP contribution in [0.3, 0.4) is 0 Å². The molecule has 20 heavy (non-hydrogen) atoms. The van der Waals surface area contributed by atoms with Gasteiger partial charge in [0.25, 0.3) is 5.91 Å².